The number of fused-ring (bicyclic) bond motifs is 3. The monoisotopic (exact) mass is 495 g/mol. The van der Waals surface area contributed by atoms with E-state index in [1.54, 1.807) is 12.1 Å². The van der Waals surface area contributed by atoms with Crippen LogP contribution in [0.2, 0.25) is 0 Å². The number of hydrogen-bond donors (Lipinski definition) is 0. The van der Waals surface area contributed by atoms with Gasteiger partial charge in [0.2, 0.25) is 0 Å². The molecule has 1 unspecified atom stereocenters. The summed E-state index contributed by atoms with van der Waals surface area (Å²) in [6.07, 6.45) is 5.15. The molecule has 0 fully saturated rings. The highest BCUT2D eigenvalue weighted by Crippen LogP contribution is 2.48. The maximum Gasteiger partial charge on any atom is 0.345 e. The molecule has 0 saturated carbocycles. The summed E-state index contributed by atoms with van der Waals surface area (Å²) in [4.78, 5) is 13.9. The summed E-state index contributed by atoms with van der Waals surface area (Å²) >= 11 is 0. The van der Waals surface area contributed by atoms with Crippen LogP contribution in [0, 0.1) is 5.82 Å². The molecule has 36 heavy (non-hydrogen) atoms. The van der Waals surface area contributed by atoms with E-state index in [0.717, 1.165) is 6.42 Å². The van der Waals surface area contributed by atoms with Gasteiger partial charge in [0.25, 0.3) is 0 Å². The molecule has 0 radical (unpaired) electrons. The minimum atomic E-state index is -0.948. The van der Waals surface area contributed by atoms with Gasteiger partial charge in [-0.1, -0.05) is 42.5 Å². The van der Waals surface area contributed by atoms with Gasteiger partial charge in [-0.25, -0.2) is 9.18 Å². The van der Waals surface area contributed by atoms with Crippen LogP contribution in [-0.2, 0) is 15.1 Å². The van der Waals surface area contributed by atoms with Gasteiger partial charge in [0, 0.05) is 38.9 Å². The number of hydrogen-bond acceptors (Lipinski definition) is 3. The van der Waals surface area contributed by atoms with Crippen LogP contribution in [0.3, 0.4) is 0 Å². The van der Waals surface area contributed by atoms with E-state index >= 15 is 0 Å². The summed E-state index contributed by atoms with van der Waals surface area (Å²) in [7, 11) is -0.179. The van der Waals surface area contributed by atoms with Crippen molar-refractivity contribution in [1.82, 2.24) is 0 Å². The molecule has 6 rings (SSSR count). The van der Waals surface area contributed by atoms with Crippen molar-refractivity contribution in [3.8, 4) is 10.6 Å². The number of ether oxygens (including phenoxy) is 2. The van der Waals surface area contributed by atoms with E-state index in [-0.39, 0.29) is 22.9 Å². The number of carbonyl (C=O) groups excluding carboxylic acids is 1. The molecule has 1 aliphatic rings. The van der Waals surface area contributed by atoms with E-state index in [2.05, 4.69) is 60.7 Å². The molecule has 5 aromatic rings. The second-order valence-electron chi connectivity index (χ2n) is 8.87. The van der Waals surface area contributed by atoms with Crippen LogP contribution in [0.5, 0.6) is 5.75 Å². The molecule has 4 aromatic carbocycles. The quantitative estimate of drug-likeness (QED) is 0.136. The Kier molecular flexibility index (Phi) is 5.78. The third-order valence-corrected chi connectivity index (χ3v) is 8.93. The number of benzene rings is 4. The molecule has 1 heterocycles. The number of halogens is 1. The van der Waals surface area contributed by atoms with Crippen molar-refractivity contribution in [2.45, 2.75) is 18.4 Å². The van der Waals surface area contributed by atoms with Crippen LogP contribution in [0.4, 0.5) is 4.39 Å². The Bertz CT molecular complexity index is 1550. The fraction of sp³-hybridized carbons (Fsp3) is 0.129. The maximum absolute atomic E-state index is 13.8. The van der Waals surface area contributed by atoms with Gasteiger partial charge in [0.1, 0.15) is 11.6 Å². The molecule has 0 N–H and O–H groups in total. The van der Waals surface area contributed by atoms with Gasteiger partial charge in [-0.15, -0.1) is 0 Å². The van der Waals surface area contributed by atoms with Crippen LogP contribution in [-0.4, -0.2) is 12.6 Å². The first-order valence-electron chi connectivity index (χ1n) is 11.9. The average Bonchev–Trinajstić information content (AvgIpc) is 3.51. The van der Waals surface area contributed by atoms with Gasteiger partial charge in [0.05, 0.1) is 0 Å². The molecule has 0 spiro atoms. The summed E-state index contributed by atoms with van der Waals surface area (Å²) < 4.78 is 28.1. The van der Waals surface area contributed by atoms with Gasteiger partial charge in [-0.3, -0.25) is 0 Å². The van der Waals surface area contributed by atoms with Crippen LogP contribution in [0.25, 0.3) is 25.1 Å². The second-order valence-corrected chi connectivity index (χ2v) is 10.8. The zero-order valence-electron chi connectivity index (χ0n) is 19.5. The van der Waals surface area contributed by atoms with Crippen molar-refractivity contribution < 1.29 is 18.7 Å². The molecule has 0 saturated heterocycles. The maximum atomic E-state index is 13.8. The van der Waals surface area contributed by atoms with Crippen molar-refractivity contribution in [3.63, 3.8) is 0 Å². The molecule has 0 bridgehead atoms. The minimum Gasteiger partial charge on any atom is -0.482 e. The normalized spacial score (nSPS) is 17.0. The van der Waals surface area contributed by atoms with Crippen LogP contribution in [0.15, 0.2) is 109 Å². The lowest BCUT2D eigenvalue weighted by Crippen LogP contribution is -2.31. The lowest BCUT2D eigenvalue weighted by Gasteiger charge is -2.28. The smallest absolute Gasteiger partial charge is 0.345 e. The topological polar surface area (TPSA) is 35.5 Å². The van der Waals surface area contributed by atoms with Crippen LogP contribution in [0.1, 0.15) is 18.4 Å². The Hall–Kier alpha value is -3.96. The highest BCUT2D eigenvalue weighted by molar-refractivity contribution is 7.50. The molecular weight excluding hydrogens is 471 g/mol. The molecule has 0 amide bonds. The number of allylic oxidation sites excluding steroid dienone is 1. The Morgan fingerprint density at radius 1 is 0.861 bits per heavy atom. The first-order valence-corrected chi connectivity index (χ1v) is 13.2. The number of esters is 1. The molecule has 3 nitrogen and oxygen atoms in total. The van der Waals surface area contributed by atoms with E-state index in [9.17, 15) is 9.18 Å². The lowest BCUT2D eigenvalue weighted by molar-refractivity contribution is -0.158. The highest BCUT2D eigenvalue weighted by atomic mass is 32.2. The third kappa shape index (κ3) is 4.06. The molecule has 5 heteroatoms. The summed E-state index contributed by atoms with van der Waals surface area (Å²) in [5.41, 5.74) is -0.316. The Labute approximate surface area is 211 Å². The minimum absolute atomic E-state index is 0.179. The third-order valence-electron chi connectivity index (χ3n) is 6.60. The Morgan fingerprint density at radius 2 is 1.56 bits per heavy atom. The van der Waals surface area contributed by atoms with Crippen molar-refractivity contribution >= 4 is 36.6 Å². The molecule has 1 aromatic heterocycles. The van der Waals surface area contributed by atoms with Gasteiger partial charge in [0.15, 0.2) is 26.5 Å². The zero-order chi connectivity index (χ0) is 24.5. The average molecular weight is 496 g/mol. The standard InChI is InChI=1S/C31H24FO3S/c32-23-9-7-8-22(20-23)31(18-5-6-19-31)35-30(33)21-34-24-14-16-25(17-15-24)36-28-12-3-1-10-26(28)27-11-2-4-13-29(27)36/h1-5,7-18,20H,6,19,21H2/q+1. The highest BCUT2D eigenvalue weighted by Gasteiger charge is 2.36. The number of thiophene rings is 1. The molecule has 1 aliphatic carbocycles. The van der Waals surface area contributed by atoms with E-state index in [1.165, 1.54) is 37.2 Å². The predicted octanol–water partition coefficient (Wildman–Crippen LogP) is 8.04. The summed E-state index contributed by atoms with van der Waals surface area (Å²) in [6, 6.07) is 31.2. The van der Waals surface area contributed by atoms with E-state index < -0.39 is 11.6 Å². The second kappa shape index (κ2) is 9.25. The van der Waals surface area contributed by atoms with Gasteiger partial charge < -0.3 is 9.47 Å². The number of carbonyl (C=O) groups is 1. The van der Waals surface area contributed by atoms with E-state index in [0.29, 0.717) is 17.7 Å². The largest absolute Gasteiger partial charge is 0.482 e. The SMILES string of the molecule is O=C(COc1ccc(-[s+]2c3ccccc3c3ccccc32)cc1)OC1(c2cccc(F)c2)C=CCC1. The summed E-state index contributed by atoms with van der Waals surface area (Å²) in [5.74, 6) is -0.245. The molecular formula is C31H24FO3S+. The van der Waals surface area contributed by atoms with Crippen molar-refractivity contribution in [1.29, 1.82) is 0 Å². The first kappa shape index (κ1) is 22.5. The van der Waals surface area contributed by atoms with Crippen LogP contribution < -0.4 is 4.74 Å². The van der Waals surface area contributed by atoms with E-state index in [4.69, 9.17) is 9.47 Å². The Morgan fingerprint density at radius 3 is 2.19 bits per heavy atom. The van der Waals surface area contributed by atoms with Gasteiger partial charge in [-0.05, 0) is 67.4 Å². The lowest BCUT2D eigenvalue weighted by atomic mass is 9.93. The van der Waals surface area contributed by atoms with Gasteiger partial charge >= 0.3 is 5.97 Å². The van der Waals surface area contributed by atoms with Crippen LogP contribution >= 0.6 is 10.5 Å². The van der Waals surface area contributed by atoms with Gasteiger partial charge in [-0.2, -0.15) is 0 Å². The molecule has 0 aliphatic heterocycles. The summed E-state index contributed by atoms with van der Waals surface area (Å²) in [5, 5.41) is 2.57. The predicted molar refractivity (Wildman–Crippen MR) is 143 cm³/mol. The fourth-order valence-corrected chi connectivity index (χ4v) is 7.32. The summed E-state index contributed by atoms with van der Waals surface area (Å²) in [6.45, 7) is -0.221. The first-order chi connectivity index (χ1) is 17.6. The fourth-order valence-electron chi connectivity index (χ4n) is 4.94. The van der Waals surface area contributed by atoms with E-state index in [1.807, 2.05) is 24.3 Å². The van der Waals surface area contributed by atoms with Crippen molar-refractivity contribution in [3.05, 3.63) is 121 Å². The zero-order valence-corrected chi connectivity index (χ0v) is 20.3. The molecule has 178 valence electrons. The molecule has 1 atom stereocenters. The van der Waals surface area contributed by atoms with Crippen molar-refractivity contribution in [2.75, 3.05) is 6.61 Å². The number of rotatable bonds is 6. The van der Waals surface area contributed by atoms with Crippen molar-refractivity contribution in [2.24, 2.45) is 0 Å². The Balaban J connectivity index is 1.19.